The first-order chi connectivity index (χ1) is 31.8. The van der Waals surface area contributed by atoms with Crippen LogP contribution in [-0.2, 0) is 42.0 Å². The first-order valence-electron chi connectivity index (χ1n) is 21.5. The van der Waals surface area contributed by atoms with Crippen LogP contribution in [0, 0.1) is 5.92 Å². The lowest BCUT2D eigenvalue weighted by atomic mass is 9.87. The SMILES string of the molecule is CCC1=C(C)CN(C(=O)NCCc2ccc(S(=O)(=O)NC(=O)NC3CCC(C)CC3)cc2)C1=O.CN(CCOc1ccc(CC2SC(=O)NC2=O)cc1)c1ccccn1.O=C(O)/C=C\C(=O)O. The average Bonchev–Trinajstić information content (AvgIpc) is 3.78. The van der Waals surface area contributed by atoms with E-state index in [4.69, 9.17) is 14.9 Å². The fourth-order valence-corrected chi connectivity index (χ4v) is 8.79. The molecule has 2 fully saturated rings. The van der Waals surface area contributed by atoms with Crippen molar-refractivity contribution in [2.75, 3.05) is 38.2 Å². The lowest BCUT2D eigenvalue weighted by Crippen LogP contribution is -2.45. The number of imide groups is 2. The highest BCUT2D eigenvalue weighted by atomic mass is 32.2. The van der Waals surface area contributed by atoms with Gasteiger partial charge in [0.2, 0.25) is 5.91 Å². The van der Waals surface area contributed by atoms with E-state index < -0.39 is 34.0 Å². The van der Waals surface area contributed by atoms with Crippen LogP contribution in [0.15, 0.2) is 101 Å². The van der Waals surface area contributed by atoms with Crippen molar-refractivity contribution < 1.29 is 56.9 Å². The van der Waals surface area contributed by atoms with Gasteiger partial charge in [-0.25, -0.2) is 37.3 Å². The molecule has 6 rings (SSSR count). The number of carbonyl (C=O) groups excluding carboxylic acids is 5. The van der Waals surface area contributed by atoms with Crippen LogP contribution in [0.2, 0.25) is 0 Å². The van der Waals surface area contributed by atoms with E-state index in [-0.39, 0.29) is 33.2 Å². The number of thioether (sulfide) groups is 1. The van der Waals surface area contributed by atoms with Crippen molar-refractivity contribution in [3.63, 3.8) is 0 Å². The zero-order valence-corrected chi connectivity index (χ0v) is 39.4. The second kappa shape index (κ2) is 25.8. The Morgan fingerprint density at radius 1 is 0.940 bits per heavy atom. The maximum atomic E-state index is 12.5. The fraction of sp³-hybridized carbons (Fsp3) is 0.391. The van der Waals surface area contributed by atoms with Crippen LogP contribution >= 0.6 is 11.8 Å². The van der Waals surface area contributed by atoms with Gasteiger partial charge in [-0.15, -0.1) is 0 Å². The molecule has 1 saturated heterocycles. The molecule has 3 aromatic rings. The Morgan fingerprint density at radius 2 is 1.58 bits per heavy atom. The number of carboxylic acids is 2. The van der Waals surface area contributed by atoms with E-state index in [0.717, 1.165) is 72.3 Å². The van der Waals surface area contributed by atoms with Gasteiger partial charge in [0.1, 0.15) is 18.2 Å². The number of hydrogen-bond donors (Lipinski definition) is 6. The Kier molecular flexibility index (Phi) is 20.4. The number of sulfonamides is 1. The number of rotatable bonds is 16. The monoisotopic (exact) mass is 963 g/mol. The number of benzene rings is 2. The van der Waals surface area contributed by atoms with Crippen molar-refractivity contribution in [2.24, 2.45) is 5.92 Å². The van der Waals surface area contributed by atoms with Crippen LogP contribution in [0.3, 0.4) is 0 Å². The summed E-state index contributed by atoms with van der Waals surface area (Å²) in [6.45, 7) is 7.79. The van der Waals surface area contributed by atoms with Crippen molar-refractivity contribution in [3.8, 4) is 5.75 Å². The first kappa shape index (κ1) is 52.9. The van der Waals surface area contributed by atoms with Crippen LogP contribution in [0.25, 0.3) is 0 Å². The zero-order chi connectivity index (χ0) is 49.1. The van der Waals surface area contributed by atoms with E-state index in [9.17, 15) is 42.0 Å². The number of urea groups is 2. The number of aromatic nitrogens is 1. The number of ether oxygens (including phenoxy) is 1. The number of anilines is 1. The predicted octanol–water partition coefficient (Wildman–Crippen LogP) is 5.28. The lowest BCUT2D eigenvalue weighted by Gasteiger charge is -2.26. The standard InChI is InChI=1S/C24H34N4O5S.C18H19N3O3S.C4H4O4/c1-4-21-17(3)15-28(22(21)29)24(31)25-14-13-18-7-11-20(12-8-18)34(32,33)27-23(30)26-19-9-5-16(2)6-10-19;1-21(16-4-2-3-9-19-16)10-11-24-14-7-5-13(6-8-14)12-15-17(22)20-18(23)25-15;5-3(6)1-2-4(7)8/h7-8,11-12,16,19H,4-6,9-10,13-15H2,1-3H3,(H,25,31)(H2,26,27,30);2-9,15H,10-12H2,1H3,(H,20,22,23);1-2H,(H,5,6)(H,7,8)/b;;2-1-. The molecule has 0 radical (unpaired) electrons. The van der Waals surface area contributed by atoms with E-state index in [1.165, 1.54) is 17.0 Å². The summed E-state index contributed by atoms with van der Waals surface area (Å²) < 4.78 is 32.9. The van der Waals surface area contributed by atoms with Gasteiger partial charge in [0.25, 0.3) is 21.2 Å². The largest absolute Gasteiger partial charge is 0.492 e. The molecule has 7 amide bonds. The van der Waals surface area contributed by atoms with Crippen LogP contribution in [-0.4, -0.2) is 114 Å². The molecule has 1 aromatic heterocycles. The van der Waals surface area contributed by atoms with E-state index in [1.807, 2.05) is 68.3 Å². The topological polar surface area (TPSA) is 271 Å². The minimum absolute atomic E-state index is 0.00639. The molecule has 1 saturated carbocycles. The van der Waals surface area contributed by atoms with Crippen LogP contribution in [0.5, 0.6) is 5.75 Å². The summed E-state index contributed by atoms with van der Waals surface area (Å²) in [6, 6.07) is 18.4. The Hall–Kier alpha value is -6.74. The molecule has 19 nitrogen and oxygen atoms in total. The molecule has 21 heteroatoms. The van der Waals surface area contributed by atoms with Gasteiger partial charge < -0.3 is 30.5 Å². The molecule has 3 heterocycles. The molecule has 6 N–H and O–H groups in total. The second-order valence-corrected chi connectivity index (χ2v) is 18.7. The normalized spacial score (nSPS) is 17.9. The predicted molar refractivity (Wildman–Crippen MR) is 251 cm³/mol. The number of nitrogens with one attached hydrogen (secondary N) is 4. The van der Waals surface area contributed by atoms with Crippen molar-refractivity contribution in [1.82, 2.24) is 30.6 Å². The van der Waals surface area contributed by atoms with Gasteiger partial charge in [-0.2, -0.15) is 0 Å². The average molecular weight is 964 g/mol. The summed E-state index contributed by atoms with van der Waals surface area (Å²) in [7, 11) is -2.01. The Bertz CT molecular complexity index is 2370. The summed E-state index contributed by atoms with van der Waals surface area (Å²) in [6.07, 6.45) is 8.21. The summed E-state index contributed by atoms with van der Waals surface area (Å²) in [4.78, 5) is 86.2. The minimum Gasteiger partial charge on any atom is -0.492 e. The fourth-order valence-electron chi connectivity index (χ4n) is 7.01. The summed E-state index contributed by atoms with van der Waals surface area (Å²) >= 11 is 1.05. The maximum absolute atomic E-state index is 12.5. The number of pyridine rings is 1. The molecule has 2 aromatic carbocycles. The summed E-state index contributed by atoms with van der Waals surface area (Å²) in [5, 5.41) is 22.8. The van der Waals surface area contributed by atoms with Crippen LogP contribution in [0.4, 0.5) is 20.2 Å². The molecule has 1 atom stereocenters. The molecule has 1 unspecified atom stereocenters. The molecular formula is C46H57N7O12S2. The van der Waals surface area contributed by atoms with Crippen LogP contribution < -0.4 is 30.3 Å². The number of carboxylic acid groups (broad SMARTS) is 2. The van der Waals surface area contributed by atoms with Gasteiger partial charge in [0.05, 0.1) is 23.2 Å². The smallest absolute Gasteiger partial charge is 0.328 e. The van der Waals surface area contributed by atoms with E-state index in [1.54, 1.807) is 18.3 Å². The highest BCUT2D eigenvalue weighted by molar-refractivity contribution is 8.15. The highest BCUT2D eigenvalue weighted by Crippen LogP contribution is 2.25. The molecule has 67 heavy (non-hydrogen) atoms. The third-order valence-corrected chi connectivity index (χ3v) is 13.1. The first-order valence-corrected chi connectivity index (χ1v) is 23.9. The lowest BCUT2D eigenvalue weighted by molar-refractivity contribution is -0.134. The number of aliphatic carboxylic acids is 2. The van der Waals surface area contributed by atoms with Gasteiger partial charge in [-0.1, -0.05) is 55.9 Å². The van der Waals surface area contributed by atoms with Crippen molar-refractivity contribution >= 4 is 68.7 Å². The van der Waals surface area contributed by atoms with Gasteiger partial charge in [-0.05, 0) is 111 Å². The molecule has 0 bridgehead atoms. The number of amides is 7. The van der Waals surface area contributed by atoms with Crippen molar-refractivity contribution in [3.05, 3.63) is 107 Å². The second-order valence-electron chi connectivity index (χ2n) is 15.9. The Labute approximate surface area is 393 Å². The van der Waals surface area contributed by atoms with Gasteiger partial charge in [-0.3, -0.25) is 24.6 Å². The quantitative estimate of drug-likeness (QED) is 0.0998. The third kappa shape index (κ3) is 17.5. The van der Waals surface area contributed by atoms with Crippen molar-refractivity contribution in [1.29, 1.82) is 0 Å². The Balaban J connectivity index is 0.000000259. The minimum atomic E-state index is -3.98. The summed E-state index contributed by atoms with van der Waals surface area (Å²) in [5.74, 6) is -0.662. The molecular weight excluding hydrogens is 907 g/mol. The molecule has 360 valence electrons. The third-order valence-electron chi connectivity index (χ3n) is 10.7. The van der Waals surface area contributed by atoms with Crippen LogP contribution in [0.1, 0.15) is 64.0 Å². The molecule has 1 aliphatic carbocycles. The number of nitrogens with zero attached hydrogens (tertiary/aromatic N) is 3. The zero-order valence-electron chi connectivity index (χ0n) is 37.7. The number of carbonyl (C=O) groups is 7. The summed E-state index contributed by atoms with van der Waals surface area (Å²) in [5.41, 5.74) is 3.41. The number of hydrogen-bond acceptors (Lipinski definition) is 13. The van der Waals surface area contributed by atoms with E-state index >= 15 is 0 Å². The van der Waals surface area contributed by atoms with E-state index in [2.05, 4.69) is 32.6 Å². The maximum Gasteiger partial charge on any atom is 0.328 e. The molecule has 0 spiro atoms. The van der Waals surface area contributed by atoms with Gasteiger partial charge >= 0.3 is 24.0 Å². The van der Waals surface area contributed by atoms with Gasteiger partial charge in [0, 0.05) is 43.6 Å². The van der Waals surface area contributed by atoms with Gasteiger partial charge in [0.15, 0.2) is 0 Å². The molecule has 2 aliphatic heterocycles. The molecule has 3 aliphatic rings. The number of likely N-dealkylation sites (N-methyl/N-ethyl adjacent to an activating group) is 1. The van der Waals surface area contributed by atoms with E-state index in [0.29, 0.717) is 62.6 Å². The Morgan fingerprint density at radius 3 is 2.13 bits per heavy atom. The van der Waals surface area contributed by atoms with Crippen molar-refractivity contribution in [2.45, 2.75) is 81.9 Å². The highest BCUT2D eigenvalue weighted by Gasteiger charge is 2.32.